The van der Waals surface area contributed by atoms with Gasteiger partial charge in [0.05, 0.1) is 9.85 Å². The fourth-order valence-corrected chi connectivity index (χ4v) is 6.88. The molecule has 0 spiro atoms. The van der Waals surface area contributed by atoms with Crippen LogP contribution in [0.4, 0.5) is 32.3 Å². The first-order chi connectivity index (χ1) is 23.3. The fourth-order valence-electron chi connectivity index (χ4n) is 6.88. The van der Waals surface area contributed by atoms with E-state index < -0.39 is 9.85 Å². The van der Waals surface area contributed by atoms with Crippen LogP contribution in [0.5, 0.6) is 0 Å². The summed E-state index contributed by atoms with van der Waals surface area (Å²) in [7, 11) is 0. The lowest BCUT2D eigenvalue weighted by atomic mass is 10.0. The molecular formula is C36H44N6O6. The number of nitrogens with zero attached hydrogens (tertiary/aromatic N) is 4. The summed E-state index contributed by atoms with van der Waals surface area (Å²) in [5.74, 6) is 0. The monoisotopic (exact) mass is 656 g/mol. The van der Waals surface area contributed by atoms with Crippen molar-refractivity contribution in [2.24, 2.45) is 0 Å². The number of benzene rings is 3. The Morgan fingerprint density at radius 2 is 0.958 bits per heavy atom. The molecule has 2 aliphatic carbocycles. The van der Waals surface area contributed by atoms with Gasteiger partial charge in [0.2, 0.25) is 0 Å². The van der Waals surface area contributed by atoms with E-state index in [2.05, 4.69) is 10.6 Å². The van der Waals surface area contributed by atoms with Crippen molar-refractivity contribution >= 4 is 34.8 Å². The van der Waals surface area contributed by atoms with Gasteiger partial charge in [-0.05, 0) is 48.9 Å². The second-order valence-electron chi connectivity index (χ2n) is 12.8. The quantitative estimate of drug-likeness (QED) is 0.126. The summed E-state index contributed by atoms with van der Waals surface area (Å²) in [6.45, 7) is 0.700. The van der Waals surface area contributed by atoms with Crippen molar-refractivity contribution in [2.45, 2.75) is 102 Å². The fraction of sp³-hybridized carbons (Fsp3) is 0.444. The third kappa shape index (κ3) is 9.52. The topological polar surface area (TPSA) is 151 Å². The maximum absolute atomic E-state index is 13.8. The van der Waals surface area contributed by atoms with Crippen LogP contribution in [-0.4, -0.2) is 43.8 Å². The first-order valence-corrected chi connectivity index (χ1v) is 17.0. The highest BCUT2D eigenvalue weighted by molar-refractivity contribution is 5.90. The molecule has 254 valence electrons. The van der Waals surface area contributed by atoms with Crippen LogP contribution in [-0.2, 0) is 13.1 Å². The highest BCUT2D eigenvalue weighted by atomic mass is 16.6. The molecule has 3 aromatic rings. The zero-order valence-electron chi connectivity index (χ0n) is 27.2. The Hall–Kier alpha value is -5.00. The molecule has 4 amide bonds. The number of nitro groups is 2. The van der Waals surface area contributed by atoms with E-state index in [1.54, 1.807) is 24.3 Å². The number of hydrogen-bond acceptors (Lipinski definition) is 6. The van der Waals surface area contributed by atoms with E-state index in [1.165, 1.54) is 24.3 Å². The number of anilines is 2. The number of nitro benzene ring substituents is 2. The Balaban J connectivity index is 1.37. The molecule has 0 saturated heterocycles. The molecule has 2 fully saturated rings. The van der Waals surface area contributed by atoms with E-state index in [0.29, 0.717) is 24.5 Å². The number of rotatable bonds is 10. The maximum Gasteiger partial charge on any atom is 0.322 e. The number of hydrogen-bond donors (Lipinski definition) is 2. The van der Waals surface area contributed by atoms with Crippen molar-refractivity contribution in [3.63, 3.8) is 0 Å². The molecule has 0 heterocycles. The number of nitrogens with one attached hydrogen (secondary N) is 2. The standard InChI is InChI=1S/C36H44N6O6/c43-35(37-29-14-10-20-33(23-29)41(45)46)39(31-16-5-1-2-6-17-31)25-27-12-9-13-28(22-27)26-40(32-18-7-3-4-8-19-32)36(44)38-30-15-11-21-34(24-30)42(47)48/h9-15,20-24,31-32H,1-8,16-19,25-26H2,(H,37,43)(H,38,44). The second-order valence-corrected chi connectivity index (χ2v) is 12.8. The minimum absolute atomic E-state index is 0.0260. The SMILES string of the molecule is O=C(Nc1cccc([N+](=O)[O-])c1)N(Cc1cccc(CN(C(=O)Nc2cccc([N+](=O)[O-])c2)C2CCCCCC2)c1)C1CCCCCC1. The molecule has 48 heavy (non-hydrogen) atoms. The predicted molar refractivity (Wildman–Crippen MR) is 185 cm³/mol. The molecule has 2 aliphatic rings. The Morgan fingerprint density at radius 1 is 0.583 bits per heavy atom. The third-order valence-corrected chi connectivity index (χ3v) is 9.37. The van der Waals surface area contributed by atoms with Crippen LogP contribution >= 0.6 is 0 Å². The van der Waals surface area contributed by atoms with Crippen LogP contribution in [0.15, 0.2) is 72.8 Å². The molecule has 0 aliphatic heterocycles. The van der Waals surface area contributed by atoms with Crippen LogP contribution in [0.25, 0.3) is 0 Å². The van der Waals surface area contributed by atoms with Crippen LogP contribution in [0.2, 0.25) is 0 Å². The molecule has 0 atom stereocenters. The van der Waals surface area contributed by atoms with E-state index in [4.69, 9.17) is 0 Å². The maximum atomic E-state index is 13.8. The van der Waals surface area contributed by atoms with Gasteiger partial charge in [-0.15, -0.1) is 0 Å². The van der Waals surface area contributed by atoms with E-state index in [1.807, 2.05) is 34.1 Å². The average Bonchev–Trinajstić information content (AvgIpc) is 3.52. The van der Waals surface area contributed by atoms with Gasteiger partial charge in [-0.25, -0.2) is 9.59 Å². The van der Waals surface area contributed by atoms with Crippen molar-refractivity contribution in [2.75, 3.05) is 10.6 Å². The number of non-ortho nitro benzene ring substituents is 2. The molecule has 5 rings (SSSR count). The molecule has 3 aromatic carbocycles. The van der Waals surface area contributed by atoms with Gasteiger partial charge in [0.15, 0.2) is 0 Å². The van der Waals surface area contributed by atoms with Gasteiger partial charge >= 0.3 is 12.1 Å². The van der Waals surface area contributed by atoms with E-state index >= 15 is 0 Å². The van der Waals surface area contributed by atoms with Crippen LogP contribution in [0, 0.1) is 20.2 Å². The highest BCUT2D eigenvalue weighted by Crippen LogP contribution is 2.28. The lowest BCUT2D eigenvalue weighted by molar-refractivity contribution is -0.385. The smallest absolute Gasteiger partial charge is 0.317 e. The van der Waals surface area contributed by atoms with Crippen molar-refractivity contribution in [1.29, 1.82) is 0 Å². The average molecular weight is 657 g/mol. The Morgan fingerprint density at radius 3 is 1.33 bits per heavy atom. The van der Waals surface area contributed by atoms with Crippen molar-refractivity contribution in [1.82, 2.24) is 9.80 Å². The first kappa shape index (κ1) is 34.3. The van der Waals surface area contributed by atoms with Crippen molar-refractivity contribution in [3.8, 4) is 0 Å². The van der Waals surface area contributed by atoms with Gasteiger partial charge in [0, 0.05) is 60.8 Å². The number of carbonyl (C=O) groups excluding carboxylic acids is 2. The molecule has 12 heteroatoms. The van der Waals surface area contributed by atoms with Crippen LogP contribution < -0.4 is 10.6 Å². The molecule has 0 unspecified atom stereocenters. The summed E-state index contributed by atoms with van der Waals surface area (Å²) < 4.78 is 0. The van der Waals surface area contributed by atoms with Gasteiger partial charge in [-0.1, -0.05) is 87.8 Å². The summed E-state index contributed by atoms with van der Waals surface area (Å²) in [6.07, 6.45) is 12.2. The minimum Gasteiger partial charge on any atom is -0.317 e. The van der Waals surface area contributed by atoms with Crippen molar-refractivity contribution < 1.29 is 19.4 Å². The largest absolute Gasteiger partial charge is 0.322 e. The van der Waals surface area contributed by atoms with E-state index in [-0.39, 0.29) is 35.5 Å². The van der Waals surface area contributed by atoms with Gasteiger partial charge in [-0.3, -0.25) is 20.2 Å². The van der Waals surface area contributed by atoms with Gasteiger partial charge in [0.1, 0.15) is 0 Å². The summed E-state index contributed by atoms with van der Waals surface area (Å²) >= 11 is 0. The number of amides is 4. The molecule has 2 saturated carbocycles. The van der Waals surface area contributed by atoms with Gasteiger partial charge in [0.25, 0.3) is 11.4 Å². The lowest BCUT2D eigenvalue weighted by Crippen LogP contribution is -2.43. The molecule has 0 bridgehead atoms. The predicted octanol–water partition coefficient (Wildman–Crippen LogP) is 9.02. The lowest BCUT2D eigenvalue weighted by Gasteiger charge is -2.33. The first-order valence-electron chi connectivity index (χ1n) is 17.0. The Labute approximate surface area is 280 Å². The van der Waals surface area contributed by atoms with E-state index in [9.17, 15) is 29.8 Å². The Kier molecular flexibility index (Phi) is 12.0. The van der Waals surface area contributed by atoms with Crippen LogP contribution in [0.1, 0.15) is 88.2 Å². The highest BCUT2D eigenvalue weighted by Gasteiger charge is 2.28. The summed E-state index contributed by atoms with van der Waals surface area (Å²) in [5.41, 5.74) is 2.41. The normalized spacial score (nSPS) is 15.8. The molecule has 0 radical (unpaired) electrons. The minimum atomic E-state index is -0.480. The number of urea groups is 2. The molecular weight excluding hydrogens is 612 g/mol. The van der Waals surface area contributed by atoms with Gasteiger partial charge < -0.3 is 20.4 Å². The van der Waals surface area contributed by atoms with Crippen LogP contribution in [0.3, 0.4) is 0 Å². The molecule has 2 N–H and O–H groups in total. The molecule has 12 nitrogen and oxygen atoms in total. The van der Waals surface area contributed by atoms with E-state index in [0.717, 1.165) is 88.2 Å². The van der Waals surface area contributed by atoms with Gasteiger partial charge in [-0.2, -0.15) is 0 Å². The Bertz CT molecular complexity index is 1470. The zero-order chi connectivity index (χ0) is 33.9. The zero-order valence-corrected chi connectivity index (χ0v) is 27.2. The summed E-state index contributed by atoms with van der Waals surface area (Å²) in [6, 6.07) is 19.3. The summed E-state index contributed by atoms with van der Waals surface area (Å²) in [5, 5.41) is 28.5. The van der Waals surface area contributed by atoms with Crippen molar-refractivity contribution in [3.05, 3.63) is 104 Å². The second kappa shape index (κ2) is 16.7. The molecule has 0 aromatic heterocycles. The third-order valence-electron chi connectivity index (χ3n) is 9.37. The summed E-state index contributed by atoms with van der Waals surface area (Å²) in [4.78, 5) is 53.0. The number of carbonyl (C=O) groups is 2.